The second-order valence-electron chi connectivity index (χ2n) is 7.85. The van der Waals surface area contributed by atoms with E-state index in [-0.39, 0.29) is 18.0 Å². The molecule has 0 saturated carbocycles. The quantitative estimate of drug-likeness (QED) is 0.388. The number of halogens is 1. The van der Waals surface area contributed by atoms with Crippen LogP contribution in [0.2, 0.25) is 5.02 Å². The third-order valence-electron chi connectivity index (χ3n) is 5.70. The minimum absolute atomic E-state index is 0.0568. The van der Waals surface area contributed by atoms with Crippen molar-refractivity contribution < 1.29 is 9.53 Å². The summed E-state index contributed by atoms with van der Waals surface area (Å²) < 4.78 is 8.47. The van der Waals surface area contributed by atoms with Crippen molar-refractivity contribution in [1.82, 2.24) is 14.1 Å². The van der Waals surface area contributed by atoms with E-state index < -0.39 is 0 Å². The van der Waals surface area contributed by atoms with Gasteiger partial charge in [-0.15, -0.1) is 0 Å². The number of aromatic nitrogens is 3. The van der Waals surface area contributed by atoms with Crippen LogP contribution in [0.5, 0.6) is 5.75 Å². The smallest absolute Gasteiger partial charge is 0.278 e. The fourth-order valence-corrected chi connectivity index (χ4v) is 4.23. The number of anilines is 1. The van der Waals surface area contributed by atoms with Gasteiger partial charge in [0, 0.05) is 5.39 Å². The molecule has 1 N–H and O–H groups in total. The average Bonchev–Trinajstić information content (AvgIpc) is 3.17. The summed E-state index contributed by atoms with van der Waals surface area (Å²) >= 11 is 6.19. The zero-order chi connectivity index (χ0) is 23.7. The Morgan fingerprint density at radius 1 is 1.03 bits per heavy atom. The second-order valence-corrected chi connectivity index (χ2v) is 8.26. The van der Waals surface area contributed by atoms with Gasteiger partial charge in [0.2, 0.25) is 5.91 Å². The molecular weight excluding hydrogens is 452 g/mol. The fourth-order valence-electron chi connectivity index (χ4n) is 4.05. The molecule has 0 aliphatic carbocycles. The first-order valence-corrected chi connectivity index (χ1v) is 11.1. The maximum Gasteiger partial charge on any atom is 0.278 e. The number of hydrogen-bond donors (Lipinski definition) is 1. The number of nitrogens with one attached hydrogen (secondary N) is 1. The van der Waals surface area contributed by atoms with Crippen LogP contribution >= 0.6 is 11.6 Å². The summed E-state index contributed by atoms with van der Waals surface area (Å²) in [5, 5.41) is 4.09. The molecule has 0 radical (unpaired) electrons. The van der Waals surface area contributed by atoms with Crippen LogP contribution in [0.25, 0.3) is 21.9 Å². The number of ether oxygens (including phenoxy) is 1. The van der Waals surface area contributed by atoms with Crippen molar-refractivity contribution >= 4 is 45.1 Å². The van der Waals surface area contributed by atoms with Gasteiger partial charge in [-0.3, -0.25) is 14.2 Å². The van der Waals surface area contributed by atoms with Crippen molar-refractivity contribution in [2.45, 2.75) is 13.1 Å². The van der Waals surface area contributed by atoms with Crippen LogP contribution in [-0.4, -0.2) is 27.1 Å². The molecule has 7 nitrogen and oxygen atoms in total. The minimum atomic E-state index is -0.291. The van der Waals surface area contributed by atoms with Crippen molar-refractivity contribution in [3.8, 4) is 5.75 Å². The van der Waals surface area contributed by atoms with Gasteiger partial charge in [-0.25, -0.2) is 4.98 Å². The SMILES string of the molecule is COc1ccc(Cn2cnc3c4ccccc4n(CC(=O)Nc4ccccc4Cl)c3c2=O)cc1. The number of nitrogens with zero attached hydrogens (tertiary/aromatic N) is 3. The zero-order valence-corrected chi connectivity index (χ0v) is 19.1. The van der Waals surface area contributed by atoms with Crippen molar-refractivity contribution in [3.63, 3.8) is 0 Å². The molecule has 0 unspecified atom stereocenters. The van der Waals surface area contributed by atoms with E-state index in [1.807, 2.05) is 48.5 Å². The highest BCUT2D eigenvalue weighted by atomic mass is 35.5. The zero-order valence-electron chi connectivity index (χ0n) is 18.4. The molecule has 0 atom stereocenters. The highest BCUT2D eigenvalue weighted by Gasteiger charge is 2.18. The predicted molar refractivity (Wildman–Crippen MR) is 134 cm³/mol. The van der Waals surface area contributed by atoms with Gasteiger partial charge in [-0.2, -0.15) is 0 Å². The summed E-state index contributed by atoms with van der Waals surface area (Å²) in [6.07, 6.45) is 1.55. The average molecular weight is 473 g/mol. The lowest BCUT2D eigenvalue weighted by molar-refractivity contribution is -0.116. The minimum Gasteiger partial charge on any atom is -0.497 e. The van der Waals surface area contributed by atoms with Crippen LogP contribution in [0.1, 0.15) is 5.56 Å². The number of fused-ring (bicyclic) bond motifs is 3. The van der Waals surface area contributed by atoms with Crippen LogP contribution in [0.4, 0.5) is 5.69 Å². The van der Waals surface area contributed by atoms with Crippen LogP contribution in [0, 0.1) is 0 Å². The number of carbonyl (C=O) groups is 1. The van der Waals surface area contributed by atoms with Crippen molar-refractivity contribution in [2.24, 2.45) is 0 Å². The Hall–Kier alpha value is -4.10. The standard InChI is InChI=1S/C26H21ClN4O3/c1-34-18-12-10-17(11-13-18)14-30-16-28-24-19-6-2-5-9-22(19)31(25(24)26(30)33)15-23(32)29-21-8-4-3-7-20(21)27/h2-13,16H,14-15H2,1H3,(H,29,32). The second kappa shape index (κ2) is 9.03. The van der Waals surface area contributed by atoms with Gasteiger partial charge in [-0.1, -0.05) is 54.1 Å². The highest BCUT2D eigenvalue weighted by Crippen LogP contribution is 2.26. The molecule has 5 aromatic rings. The summed E-state index contributed by atoms with van der Waals surface area (Å²) in [5.74, 6) is 0.454. The Kier molecular flexibility index (Phi) is 5.77. The first kappa shape index (κ1) is 21.7. The van der Waals surface area contributed by atoms with E-state index in [1.165, 1.54) is 0 Å². The summed E-state index contributed by atoms with van der Waals surface area (Å²) in [5.41, 5.74) is 2.94. The Morgan fingerprint density at radius 2 is 1.76 bits per heavy atom. The molecule has 0 fully saturated rings. The van der Waals surface area contributed by atoms with Gasteiger partial charge in [0.15, 0.2) is 0 Å². The van der Waals surface area contributed by atoms with Gasteiger partial charge >= 0.3 is 0 Å². The van der Waals surface area contributed by atoms with Gasteiger partial charge < -0.3 is 14.6 Å². The van der Waals surface area contributed by atoms with Crippen LogP contribution in [0.3, 0.4) is 0 Å². The number of carbonyl (C=O) groups excluding carboxylic acids is 1. The van der Waals surface area contributed by atoms with Crippen LogP contribution < -0.4 is 15.6 Å². The molecule has 170 valence electrons. The monoisotopic (exact) mass is 472 g/mol. The highest BCUT2D eigenvalue weighted by molar-refractivity contribution is 6.33. The summed E-state index contributed by atoms with van der Waals surface area (Å²) in [4.78, 5) is 31.1. The molecule has 0 bridgehead atoms. The molecule has 0 saturated heterocycles. The van der Waals surface area contributed by atoms with Gasteiger partial charge in [0.05, 0.1) is 36.2 Å². The van der Waals surface area contributed by atoms with Crippen molar-refractivity contribution in [3.05, 3.63) is 100 Å². The number of rotatable bonds is 6. The lowest BCUT2D eigenvalue weighted by atomic mass is 10.2. The normalized spacial score (nSPS) is 11.1. The molecule has 0 aliphatic heterocycles. The molecule has 5 rings (SSSR count). The third kappa shape index (κ3) is 4.02. The lowest BCUT2D eigenvalue weighted by Crippen LogP contribution is -2.25. The Morgan fingerprint density at radius 3 is 2.53 bits per heavy atom. The van der Waals surface area contributed by atoms with Gasteiger partial charge in [0.25, 0.3) is 5.56 Å². The van der Waals surface area contributed by atoms with Crippen molar-refractivity contribution in [1.29, 1.82) is 0 Å². The van der Waals surface area contributed by atoms with E-state index in [2.05, 4.69) is 10.3 Å². The Balaban J connectivity index is 1.56. The molecule has 2 aromatic heterocycles. The molecule has 3 aromatic carbocycles. The van der Waals surface area contributed by atoms with Crippen LogP contribution in [-0.2, 0) is 17.9 Å². The molecule has 8 heteroatoms. The summed E-state index contributed by atoms with van der Waals surface area (Å²) in [7, 11) is 1.61. The van der Waals surface area contributed by atoms with Crippen molar-refractivity contribution in [2.75, 3.05) is 12.4 Å². The Labute approximate surface area is 200 Å². The molecule has 2 heterocycles. The molecule has 0 aliphatic rings. The van der Waals surface area contributed by atoms with E-state index in [0.29, 0.717) is 28.3 Å². The van der Waals surface area contributed by atoms with E-state index >= 15 is 0 Å². The summed E-state index contributed by atoms with van der Waals surface area (Å²) in [6.45, 7) is 0.290. The maximum absolute atomic E-state index is 13.6. The van der Waals surface area contributed by atoms with Gasteiger partial charge in [0.1, 0.15) is 23.3 Å². The predicted octanol–water partition coefficient (Wildman–Crippen LogP) is 4.70. The van der Waals surface area contributed by atoms with E-state index in [9.17, 15) is 9.59 Å². The number of methoxy groups -OCH3 is 1. The number of amides is 1. The molecule has 1 amide bonds. The maximum atomic E-state index is 13.6. The topological polar surface area (TPSA) is 78.2 Å². The van der Waals surface area contributed by atoms with Crippen LogP contribution in [0.15, 0.2) is 83.9 Å². The van der Waals surface area contributed by atoms with E-state index in [1.54, 1.807) is 46.8 Å². The molecular formula is C26H21ClN4O3. The first-order chi connectivity index (χ1) is 16.5. The molecule has 0 spiro atoms. The molecule has 34 heavy (non-hydrogen) atoms. The van der Waals surface area contributed by atoms with E-state index in [0.717, 1.165) is 22.2 Å². The third-order valence-corrected chi connectivity index (χ3v) is 6.03. The fraction of sp³-hybridized carbons (Fsp3) is 0.115. The number of benzene rings is 3. The Bertz CT molecular complexity index is 1570. The number of hydrogen-bond acceptors (Lipinski definition) is 4. The van der Waals surface area contributed by atoms with Gasteiger partial charge in [-0.05, 0) is 35.9 Å². The first-order valence-electron chi connectivity index (χ1n) is 10.7. The lowest BCUT2D eigenvalue weighted by Gasteiger charge is -2.11. The largest absolute Gasteiger partial charge is 0.497 e. The van der Waals surface area contributed by atoms with E-state index in [4.69, 9.17) is 16.3 Å². The number of para-hydroxylation sites is 2. The summed E-state index contributed by atoms with van der Waals surface area (Å²) in [6, 6.07) is 22.1.